The summed E-state index contributed by atoms with van der Waals surface area (Å²) < 4.78 is 28.0. The molecule has 7 heteroatoms. The molecule has 146 valence electrons. The number of rotatable bonds is 11. The largest absolute Gasteiger partial charge is 0.481 e. The number of carboxylic acid groups (broad SMARTS) is 1. The molecule has 2 aromatic rings. The van der Waals surface area contributed by atoms with E-state index in [2.05, 4.69) is 9.71 Å². The van der Waals surface area contributed by atoms with Crippen LogP contribution >= 0.6 is 0 Å². The summed E-state index contributed by atoms with van der Waals surface area (Å²) in [7, 11) is -3.59. The van der Waals surface area contributed by atoms with Crippen LogP contribution in [0.2, 0.25) is 0 Å². The van der Waals surface area contributed by atoms with Gasteiger partial charge in [-0.3, -0.25) is 9.78 Å². The first kappa shape index (κ1) is 21.1. The van der Waals surface area contributed by atoms with Gasteiger partial charge in [0, 0.05) is 25.4 Å². The number of aryl methyl sites for hydroxylation is 1. The Morgan fingerprint density at radius 3 is 2.59 bits per heavy atom. The molecule has 0 aliphatic rings. The van der Waals surface area contributed by atoms with E-state index in [4.69, 9.17) is 5.11 Å². The van der Waals surface area contributed by atoms with Crippen LogP contribution in [0.3, 0.4) is 0 Å². The summed E-state index contributed by atoms with van der Waals surface area (Å²) in [4.78, 5) is 15.0. The average molecular weight is 391 g/mol. The molecule has 0 saturated carbocycles. The average Bonchev–Trinajstić information content (AvgIpc) is 2.64. The maximum absolute atomic E-state index is 12.6. The summed E-state index contributed by atoms with van der Waals surface area (Å²) in [5, 5.41) is 8.72. The van der Waals surface area contributed by atoms with Crippen molar-refractivity contribution in [2.45, 2.75) is 49.8 Å². The van der Waals surface area contributed by atoms with E-state index >= 15 is 0 Å². The highest BCUT2D eigenvalue weighted by atomic mass is 32.2. The van der Waals surface area contributed by atoms with Crippen LogP contribution in [0.1, 0.15) is 49.1 Å². The Bertz CT molecular complexity index is 838. The maximum atomic E-state index is 12.6. The lowest BCUT2D eigenvalue weighted by Crippen LogP contribution is -2.29. The molecular weight excluding hydrogens is 364 g/mol. The number of carbonyl (C=O) groups is 1. The van der Waals surface area contributed by atoms with Gasteiger partial charge < -0.3 is 5.11 Å². The maximum Gasteiger partial charge on any atom is 0.303 e. The lowest BCUT2D eigenvalue weighted by molar-refractivity contribution is -0.137. The van der Waals surface area contributed by atoms with Crippen LogP contribution < -0.4 is 4.72 Å². The number of unbranched alkanes of at least 4 members (excludes halogenated alkanes) is 2. The van der Waals surface area contributed by atoms with Crippen molar-refractivity contribution < 1.29 is 18.3 Å². The quantitative estimate of drug-likeness (QED) is 0.573. The number of nitrogens with one attached hydrogen (secondary N) is 1. The minimum absolute atomic E-state index is 0.0117. The lowest BCUT2D eigenvalue weighted by Gasteiger charge is -2.18. The molecule has 0 radical (unpaired) electrons. The Balaban J connectivity index is 2.01. The van der Waals surface area contributed by atoms with E-state index in [-0.39, 0.29) is 23.8 Å². The van der Waals surface area contributed by atoms with Crippen molar-refractivity contribution in [2.24, 2.45) is 0 Å². The van der Waals surface area contributed by atoms with E-state index in [0.29, 0.717) is 12.0 Å². The summed E-state index contributed by atoms with van der Waals surface area (Å²) in [6.07, 6.45) is 6.63. The Morgan fingerprint density at radius 2 is 1.93 bits per heavy atom. The van der Waals surface area contributed by atoms with Crippen molar-refractivity contribution in [3.8, 4) is 0 Å². The third-order valence-corrected chi connectivity index (χ3v) is 6.09. The second kappa shape index (κ2) is 10.2. The summed E-state index contributed by atoms with van der Waals surface area (Å²) in [6.45, 7) is 2.05. The molecule has 0 spiro atoms. The van der Waals surface area contributed by atoms with Gasteiger partial charge in [-0.05, 0) is 48.9 Å². The fourth-order valence-electron chi connectivity index (χ4n) is 2.99. The van der Waals surface area contributed by atoms with Gasteiger partial charge in [0.1, 0.15) is 0 Å². The molecule has 2 rings (SSSR count). The molecule has 1 aromatic heterocycles. The second-order valence-electron chi connectivity index (χ2n) is 6.59. The third-order valence-electron chi connectivity index (χ3n) is 4.50. The Hall–Kier alpha value is -2.25. The van der Waals surface area contributed by atoms with Gasteiger partial charge in [-0.2, -0.15) is 0 Å². The fraction of sp³-hybridized carbons (Fsp3) is 0.400. The number of benzene rings is 1. The number of nitrogens with zero attached hydrogens (tertiary/aromatic N) is 1. The van der Waals surface area contributed by atoms with Crippen LogP contribution in [0.25, 0.3) is 0 Å². The Morgan fingerprint density at radius 1 is 1.15 bits per heavy atom. The molecule has 0 unspecified atom stereocenters. The van der Waals surface area contributed by atoms with Crippen molar-refractivity contribution >= 4 is 16.0 Å². The Kier molecular flexibility index (Phi) is 7.94. The first-order chi connectivity index (χ1) is 12.9. The van der Waals surface area contributed by atoms with Crippen molar-refractivity contribution in [1.29, 1.82) is 0 Å². The molecule has 2 N–H and O–H groups in total. The predicted octanol–water partition coefficient (Wildman–Crippen LogP) is 3.49. The molecule has 1 heterocycles. The van der Waals surface area contributed by atoms with E-state index < -0.39 is 16.0 Å². The molecule has 0 aliphatic heterocycles. The minimum Gasteiger partial charge on any atom is -0.481 e. The Labute approximate surface area is 160 Å². The summed E-state index contributed by atoms with van der Waals surface area (Å²) in [5.41, 5.74) is 1.68. The van der Waals surface area contributed by atoms with Gasteiger partial charge in [0.15, 0.2) is 0 Å². The molecule has 0 saturated heterocycles. The van der Waals surface area contributed by atoms with Crippen molar-refractivity contribution in [3.63, 3.8) is 0 Å². The molecule has 1 atom stereocenters. The summed E-state index contributed by atoms with van der Waals surface area (Å²) in [6, 6.07) is 10.7. The van der Waals surface area contributed by atoms with E-state index in [9.17, 15) is 13.2 Å². The molecule has 6 nitrogen and oxygen atoms in total. The van der Waals surface area contributed by atoms with Crippen LogP contribution in [0, 0.1) is 6.92 Å². The minimum atomic E-state index is -3.59. The lowest BCUT2D eigenvalue weighted by atomic mass is 9.94. The standard InChI is InChI=1S/C20H26N2O4S/c1-16-8-5-6-11-19(16)27(25,26)22-15-18(17-10-7-13-21-14-17)9-3-2-4-12-20(23)24/h5-8,10-11,13-14,18,22H,2-4,9,12,15H2,1H3,(H,23,24)/t18-/m0/s1. The van der Waals surface area contributed by atoms with E-state index in [1.807, 2.05) is 18.2 Å². The van der Waals surface area contributed by atoms with Gasteiger partial charge >= 0.3 is 5.97 Å². The first-order valence-corrected chi connectivity index (χ1v) is 10.6. The number of carboxylic acids is 1. The van der Waals surface area contributed by atoms with Gasteiger partial charge in [-0.1, -0.05) is 37.1 Å². The third kappa shape index (κ3) is 6.77. The van der Waals surface area contributed by atoms with Crippen LogP contribution in [0.4, 0.5) is 0 Å². The number of aromatic nitrogens is 1. The molecule has 0 aliphatic carbocycles. The zero-order chi connectivity index (χ0) is 19.7. The van der Waals surface area contributed by atoms with Gasteiger partial charge in [-0.15, -0.1) is 0 Å². The highest BCUT2D eigenvalue weighted by molar-refractivity contribution is 7.89. The van der Waals surface area contributed by atoms with Crippen molar-refractivity contribution in [2.75, 3.05) is 6.54 Å². The zero-order valence-electron chi connectivity index (χ0n) is 15.5. The molecule has 0 fully saturated rings. The summed E-state index contributed by atoms with van der Waals surface area (Å²) in [5.74, 6) is -0.799. The van der Waals surface area contributed by atoms with E-state index in [1.165, 1.54) is 0 Å². The van der Waals surface area contributed by atoms with Crippen LogP contribution in [-0.4, -0.2) is 31.0 Å². The van der Waals surface area contributed by atoms with Crippen LogP contribution in [-0.2, 0) is 14.8 Å². The van der Waals surface area contributed by atoms with Crippen LogP contribution in [0.15, 0.2) is 53.7 Å². The van der Waals surface area contributed by atoms with E-state index in [1.54, 1.807) is 37.5 Å². The number of pyridine rings is 1. The zero-order valence-corrected chi connectivity index (χ0v) is 16.3. The van der Waals surface area contributed by atoms with Crippen molar-refractivity contribution in [1.82, 2.24) is 9.71 Å². The smallest absolute Gasteiger partial charge is 0.303 e. The first-order valence-electron chi connectivity index (χ1n) is 9.07. The van der Waals surface area contributed by atoms with Gasteiger partial charge in [-0.25, -0.2) is 13.1 Å². The van der Waals surface area contributed by atoms with Gasteiger partial charge in [0.2, 0.25) is 10.0 Å². The topological polar surface area (TPSA) is 96.4 Å². The second-order valence-corrected chi connectivity index (χ2v) is 8.33. The molecule has 1 aromatic carbocycles. The summed E-state index contributed by atoms with van der Waals surface area (Å²) >= 11 is 0. The molecule has 0 amide bonds. The van der Waals surface area contributed by atoms with Crippen molar-refractivity contribution in [3.05, 3.63) is 59.9 Å². The predicted molar refractivity (Wildman–Crippen MR) is 104 cm³/mol. The molecular formula is C20H26N2O4S. The highest BCUT2D eigenvalue weighted by Gasteiger charge is 2.19. The number of aliphatic carboxylic acids is 1. The van der Waals surface area contributed by atoms with Crippen LogP contribution in [0.5, 0.6) is 0 Å². The monoisotopic (exact) mass is 390 g/mol. The molecule has 27 heavy (non-hydrogen) atoms. The highest BCUT2D eigenvalue weighted by Crippen LogP contribution is 2.23. The van der Waals surface area contributed by atoms with Gasteiger partial charge in [0.25, 0.3) is 0 Å². The normalized spacial score (nSPS) is 12.6. The number of hydrogen-bond acceptors (Lipinski definition) is 4. The van der Waals surface area contributed by atoms with E-state index in [0.717, 1.165) is 24.8 Å². The SMILES string of the molecule is Cc1ccccc1S(=O)(=O)NC[C@H](CCCCCC(=O)O)c1cccnc1. The van der Waals surface area contributed by atoms with Gasteiger partial charge in [0.05, 0.1) is 4.90 Å². The fourth-order valence-corrected chi connectivity index (χ4v) is 4.32. The molecule has 0 bridgehead atoms. The number of sulfonamides is 1. The number of hydrogen-bond donors (Lipinski definition) is 2.